The number of nitrogens with zero attached hydrogens (tertiary/aromatic N) is 1. The Morgan fingerprint density at radius 2 is 2.00 bits per heavy atom. The average Bonchev–Trinajstić information content (AvgIpc) is 2.90. The second-order valence-corrected chi connectivity index (χ2v) is 7.64. The Morgan fingerprint density at radius 1 is 1.35 bits per heavy atom. The van der Waals surface area contributed by atoms with Gasteiger partial charge in [0.15, 0.2) is 0 Å². The molecule has 1 saturated carbocycles. The lowest BCUT2D eigenvalue weighted by Crippen LogP contribution is -2.43. The molecule has 1 heterocycles. The smallest absolute Gasteiger partial charge is 0.241 e. The van der Waals surface area contributed by atoms with Crippen molar-refractivity contribution >= 4 is 5.91 Å². The lowest BCUT2D eigenvalue weighted by molar-refractivity contribution is -0.131. The van der Waals surface area contributed by atoms with Gasteiger partial charge >= 0.3 is 0 Å². The number of amides is 1. The molecule has 1 amide bonds. The Morgan fingerprint density at radius 3 is 2.55 bits per heavy atom. The highest BCUT2D eigenvalue weighted by Crippen LogP contribution is 2.39. The van der Waals surface area contributed by atoms with Gasteiger partial charge in [0, 0.05) is 6.54 Å². The van der Waals surface area contributed by atoms with E-state index in [1.54, 1.807) is 0 Å². The number of rotatable bonds is 6. The largest absolute Gasteiger partial charge is 0.325 e. The summed E-state index contributed by atoms with van der Waals surface area (Å²) in [4.78, 5) is 14.9. The van der Waals surface area contributed by atoms with E-state index < -0.39 is 0 Å². The third-order valence-electron chi connectivity index (χ3n) is 4.99. The van der Waals surface area contributed by atoms with Gasteiger partial charge in [0.05, 0.1) is 12.2 Å². The van der Waals surface area contributed by atoms with E-state index in [9.17, 15) is 4.79 Å². The zero-order valence-corrected chi connectivity index (χ0v) is 13.7. The first kappa shape index (κ1) is 15.8. The standard InChI is InChI=1S/C17H32N2O/c1-5-8-14-16(20)19(15(18-14)11-13(2)3)12-17(4)9-6-7-10-17/h13-15,18H,5-12H2,1-4H3. The maximum atomic E-state index is 12.7. The van der Waals surface area contributed by atoms with E-state index in [1.807, 2.05) is 0 Å². The lowest BCUT2D eigenvalue weighted by atomic mass is 9.88. The molecule has 1 saturated heterocycles. The molecule has 0 aromatic carbocycles. The lowest BCUT2D eigenvalue weighted by Gasteiger charge is -2.34. The van der Waals surface area contributed by atoms with Crippen LogP contribution in [0.5, 0.6) is 0 Å². The molecule has 2 aliphatic rings. The van der Waals surface area contributed by atoms with Crippen LogP contribution in [0.15, 0.2) is 0 Å². The van der Waals surface area contributed by atoms with Crippen LogP contribution in [0.25, 0.3) is 0 Å². The highest BCUT2D eigenvalue weighted by Gasteiger charge is 2.42. The van der Waals surface area contributed by atoms with Crippen molar-refractivity contribution in [3.05, 3.63) is 0 Å². The maximum Gasteiger partial charge on any atom is 0.241 e. The Bertz CT molecular complexity index is 334. The zero-order chi connectivity index (χ0) is 14.8. The van der Waals surface area contributed by atoms with E-state index >= 15 is 0 Å². The van der Waals surface area contributed by atoms with E-state index in [4.69, 9.17) is 0 Å². The molecule has 20 heavy (non-hydrogen) atoms. The Hall–Kier alpha value is -0.570. The van der Waals surface area contributed by atoms with E-state index in [1.165, 1.54) is 25.7 Å². The average molecular weight is 280 g/mol. The van der Waals surface area contributed by atoms with Gasteiger partial charge in [-0.25, -0.2) is 0 Å². The second kappa shape index (κ2) is 6.46. The molecule has 0 aromatic rings. The molecule has 2 unspecified atom stereocenters. The summed E-state index contributed by atoms with van der Waals surface area (Å²) in [5.41, 5.74) is 0.355. The van der Waals surface area contributed by atoms with Crippen molar-refractivity contribution in [3.63, 3.8) is 0 Å². The van der Waals surface area contributed by atoms with Crippen LogP contribution in [0.1, 0.15) is 72.6 Å². The zero-order valence-electron chi connectivity index (χ0n) is 13.7. The fourth-order valence-corrected chi connectivity index (χ4v) is 3.87. The van der Waals surface area contributed by atoms with E-state index in [0.29, 0.717) is 17.2 Å². The van der Waals surface area contributed by atoms with Crippen LogP contribution < -0.4 is 5.32 Å². The van der Waals surface area contributed by atoms with Crippen molar-refractivity contribution in [3.8, 4) is 0 Å². The van der Waals surface area contributed by atoms with Gasteiger partial charge in [-0.3, -0.25) is 10.1 Å². The van der Waals surface area contributed by atoms with Crippen LogP contribution in [0, 0.1) is 11.3 Å². The van der Waals surface area contributed by atoms with Gasteiger partial charge in [-0.15, -0.1) is 0 Å². The van der Waals surface area contributed by atoms with Crippen LogP contribution >= 0.6 is 0 Å². The fraction of sp³-hybridized carbons (Fsp3) is 0.941. The second-order valence-electron chi connectivity index (χ2n) is 7.64. The van der Waals surface area contributed by atoms with Crippen molar-refractivity contribution in [2.24, 2.45) is 11.3 Å². The number of carbonyl (C=O) groups is 1. The summed E-state index contributed by atoms with van der Waals surface area (Å²) in [7, 11) is 0. The molecule has 116 valence electrons. The summed E-state index contributed by atoms with van der Waals surface area (Å²) in [6, 6.07) is 0.0637. The van der Waals surface area contributed by atoms with Gasteiger partial charge in [-0.2, -0.15) is 0 Å². The Kier molecular flexibility index (Phi) is 5.11. The molecule has 3 heteroatoms. The van der Waals surface area contributed by atoms with Crippen LogP contribution in [0.4, 0.5) is 0 Å². The van der Waals surface area contributed by atoms with Gasteiger partial charge in [-0.05, 0) is 37.0 Å². The molecule has 3 nitrogen and oxygen atoms in total. The normalized spacial score (nSPS) is 29.6. The topological polar surface area (TPSA) is 32.3 Å². The highest BCUT2D eigenvalue weighted by atomic mass is 16.2. The first-order valence-corrected chi connectivity index (χ1v) is 8.52. The summed E-state index contributed by atoms with van der Waals surface area (Å²) >= 11 is 0. The SMILES string of the molecule is CCCC1NC(CC(C)C)N(CC2(C)CCCC2)C1=O. The summed E-state index contributed by atoms with van der Waals surface area (Å²) in [5.74, 6) is 0.977. The minimum absolute atomic E-state index is 0.0637. The molecular weight excluding hydrogens is 248 g/mol. The minimum Gasteiger partial charge on any atom is -0.325 e. The molecule has 0 spiro atoms. The molecule has 1 aliphatic carbocycles. The molecule has 0 bridgehead atoms. The first-order valence-electron chi connectivity index (χ1n) is 8.52. The molecule has 2 rings (SSSR count). The highest BCUT2D eigenvalue weighted by molar-refractivity contribution is 5.84. The predicted octanol–water partition coefficient (Wildman–Crippen LogP) is 3.54. The summed E-state index contributed by atoms with van der Waals surface area (Å²) in [5, 5.41) is 3.59. The quantitative estimate of drug-likeness (QED) is 0.807. The molecule has 0 radical (unpaired) electrons. The van der Waals surface area contributed by atoms with Gasteiger partial charge in [-0.1, -0.05) is 47.0 Å². The van der Waals surface area contributed by atoms with Gasteiger partial charge in [0.2, 0.25) is 5.91 Å². The number of hydrogen-bond acceptors (Lipinski definition) is 2. The molecular formula is C17H32N2O. The molecule has 2 atom stereocenters. The van der Waals surface area contributed by atoms with Crippen molar-refractivity contribution in [1.82, 2.24) is 10.2 Å². The van der Waals surface area contributed by atoms with E-state index in [2.05, 4.69) is 37.9 Å². The third-order valence-corrected chi connectivity index (χ3v) is 4.99. The van der Waals surface area contributed by atoms with Crippen LogP contribution in [0.2, 0.25) is 0 Å². The predicted molar refractivity (Wildman–Crippen MR) is 83.4 cm³/mol. The Labute approximate surface area is 124 Å². The molecule has 1 aliphatic heterocycles. The number of hydrogen-bond donors (Lipinski definition) is 1. The van der Waals surface area contributed by atoms with Crippen molar-refractivity contribution < 1.29 is 4.79 Å². The minimum atomic E-state index is 0.0637. The molecule has 2 fully saturated rings. The van der Waals surface area contributed by atoms with Crippen LogP contribution in [0.3, 0.4) is 0 Å². The van der Waals surface area contributed by atoms with E-state index in [-0.39, 0.29) is 12.2 Å². The van der Waals surface area contributed by atoms with Crippen molar-refractivity contribution in [1.29, 1.82) is 0 Å². The Balaban J connectivity index is 2.06. The van der Waals surface area contributed by atoms with Gasteiger partial charge in [0.1, 0.15) is 0 Å². The monoisotopic (exact) mass is 280 g/mol. The fourth-order valence-electron chi connectivity index (χ4n) is 3.87. The number of carbonyl (C=O) groups excluding carboxylic acids is 1. The van der Waals surface area contributed by atoms with Gasteiger partial charge < -0.3 is 4.90 Å². The summed E-state index contributed by atoms with van der Waals surface area (Å²) < 4.78 is 0. The summed E-state index contributed by atoms with van der Waals surface area (Å²) in [6.07, 6.45) is 8.61. The van der Waals surface area contributed by atoms with Gasteiger partial charge in [0.25, 0.3) is 0 Å². The maximum absolute atomic E-state index is 12.7. The first-order chi connectivity index (χ1) is 9.45. The van der Waals surface area contributed by atoms with Crippen molar-refractivity contribution in [2.75, 3.05) is 6.54 Å². The molecule has 0 aromatic heterocycles. The van der Waals surface area contributed by atoms with Crippen LogP contribution in [-0.4, -0.2) is 29.6 Å². The van der Waals surface area contributed by atoms with E-state index in [0.717, 1.165) is 25.8 Å². The summed E-state index contributed by atoms with van der Waals surface area (Å²) in [6.45, 7) is 9.97. The third kappa shape index (κ3) is 3.55. The number of nitrogens with one attached hydrogen (secondary N) is 1. The molecule has 1 N–H and O–H groups in total. The van der Waals surface area contributed by atoms with Crippen molar-refractivity contribution in [2.45, 2.75) is 84.8 Å². The van der Waals surface area contributed by atoms with Crippen LogP contribution in [-0.2, 0) is 4.79 Å².